The summed E-state index contributed by atoms with van der Waals surface area (Å²) in [4.78, 5) is 4.31. The third-order valence-corrected chi connectivity index (χ3v) is 3.34. The van der Waals surface area contributed by atoms with Crippen LogP contribution in [-0.4, -0.2) is 10.7 Å². The van der Waals surface area contributed by atoms with Gasteiger partial charge in [0.2, 0.25) is 0 Å². The van der Waals surface area contributed by atoms with E-state index in [1.54, 1.807) is 6.20 Å². The zero-order valence-electron chi connectivity index (χ0n) is 9.68. The van der Waals surface area contributed by atoms with E-state index in [1.807, 2.05) is 42.5 Å². The second-order valence-electron chi connectivity index (χ2n) is 4.18. The van der Waals surface area contributed by atoms with E-state index in [2.05, 4.69) is 15.5 Å². The van der Waals surface area contributed by atoms with Gasteiger partial charge in [0.25, 0.3) is 0 Å². The zero-order chi connectivity index (χ0) is 12.4. The molecule has 0 spiro atoms. The molecule has 0 fully saturated rings. The third kappa shape index (κ3) is 2.09. The van der Waals surface area contributed by atoms with Crippen molar-refractivity contribution in [3.63, 3.8) is 0 Å². The molecule has 2 heterocycles. The number of nitrogens with one attached hydrogen (secondary N) is 1. The summed E-state index contributed by atoms with van der Waals surface area (Å²) in [5, 5.41) is 5.12. The van der Waals surface area contributed by atoms with E-state index >= 15 is 0 Å². The molecule has 3 nitrogen and oxygen atoms in total. The van der Waals surface area contributed by atoms with Gasteiger partial charge in [0, 0.05) is 17.6 Å². The molecule has 0 bridgehead atoms. The van der Waals surface area contributed by atoms with Crippen LogP contribution in [0.5, 0.6) is 0 Å². The summed E-state index contributed by atoms with van der Waals surface area (Å²) < 4.78 is 0. The molecular formula is C14H12ClN3. The van der Waals surface area contributed by atoms with Crippen molar-refractivity contribution in [1.29, 1.82) is 0 Å². The van der Waals surface area contributed by atoms with Crippen LogP contribution in [0.2, 0.25) is 5.02 Å². The first-order valence-electron chi connectivity index (χ1n) is 5.82. The Labute approximate surface area is 111 Å². The van der Waals surface area contributed by atoms with Crippen LogP contribution in [0, 0.1) is 0 Å². The van der Waals surface area contributed by atoms with E-state index in [9.17, 15) is 0 Å². The van der Waals surface area contributed by atoms with Crippen molar-refractivity contribution in [2.24, 2.45) is 5.10 Å². The fourth-order valence-electron chi connectivity index (χ4n) is 2.07. The fourth-order valence-corrected chi connectivity index (χ4v) is 2.34. The molecule has 0 radical (unpaired) electrons. The van der Waals surface area contributed by atoms with Gasteiger partial charge in [-0.2, -0.15) is 5.10 Å². The number of pyridine rings is 1. The van der Waals surface area contributed by atoms with Gasteiger partial charge in [-0.05, 0) is 23.8 Å². The summed E-state index contributed by atoms with van der Waals surface area (Å²) in [6.45, 7) is 0. The first kappa shape index (κ1) is 11.2. The Hall–Kier alpha value is -1.87. The van der Waals surface area contributed by atoms with Crippen LogP contribution in [-0.2, 0) is 0 Å². The Morgan fingerprint density at radius 1 is 1.11 bits per heavy atom. The van der Waals surface area contributed by atoms with E-state index in [-0.39, 0.29) is 6.04 Å². The number of nitrogens with zero attached hydrogens (tertiary/aromatic N) is 2. The summed E-state index contributed by atoms with van der Waals surface area (Å²) in [6, 6.07) is 13.8. The molecule has 0 amide bonds. The first-order chi connectivity index (χ1) is 8.84. The molecule has 1 aromatic heterocycles. The summed E-state index contributed by atoms with van der Waals surface area (Å²) in [5.41, 5.74) is 6.09. The molecular weight excluding hydrogens is 246 g/mol. The minimum absolute atomic E-state index is 0.135. The highest BCUT2D eigenvalue weighted by molar-refractivity contribution is 6.31. The van der Waals surface area contributed by atoms with Gasteiger partial charge in [0.15, 0.2) is 0 Å². The van der Waals surface area contributed by atoms with Gasteiger partial charge in [-0.3, -0.25) is 4.98 Å². The number of aromatic nitrogens is 1. The largest absolute Gasteiger partial charge is 0.302 e. The monoisotopic (exact) mass is 257 g/mol. The maximum atomic E-state index is 6.19. The van der Waals surface area contributed by atoms with Gasteiger partial charge in [-0.15, -0.1) is 0 Å². The second-order valence-corrected chi connectivity index (χ2v) is 4.59. The standard InChI is InChI=1S/C14H12ClN3/c15-11-6-2-1-5-10(11)13-9-14(18-17-13)12-7-3-4-8-16-12/h1-8,13,17H,9H2. The number of hydrogen-bond acceptors (Lipinski definition) is 3. The second kappa shape index (κ2) is 4.78. The van der Waals surface area contributed by atoms with Crippen LogP contribution in [0.15, 0.2) is 53.8 Å². The van der Waals surface area contributed by atoms with Gasteiger partial charge < -0.3 is 5.43 Å². The molecule has 0 aliphatic carbocycles. The molecule has 1 atom stereocenters. The van der Waals surface area contributed by atoms with Crippen molar-refractivity contribution < 1.29 is 0 Å². The van der Waals surface area contributed by atoms with Crippen molar-refractivity contribution in [2.75, 3.05) is 0 Å². The number of hydrogen-bond donors (Lipinski definition) is 1. The van der Waals surface area contributed by atoms with Crippen molar-refractivity contribution in [1.82, 2.24) is 10.4 Å². The lowest BCUT2D eigenvalue weighted by Gasteiger charge is -2.11. The normalized spacial score (nSPS) is 18.3. The summed E-state index contributed by atoms with van der Waals surface area (Å²) in [5.74, 6) is 0. The summed E-state index contributed by atoms with van der Waals surface area (Å²) in [7, 11) is 0. The van der Waals surface area contributed by atoms with Crippen LogP contribution in [0.25, 0.3) is 0 Å². The molecule has 0 saturated heterocycles. The van der Waals surface area contributed by atoms with Gasteiger partial charge in [0.05, 0.1) is 17.4 Å². The quantitative estimate of drug-likeness (QED) is 0.897. The molecule has 1 N–H and O–H groups in total. The molecule has 0 saturated carbocycles. The highest BCUT2D eigenvalue weighted by Crippen LogP contribution is 2.28. The average Bonchev–Trinajstić information content (AvgIpc) is 2.90. The van der Waals surface area contributed by atoms with E-state index in [4.69, 9.17) is 11.6 Å². The van der Waals surface area contributed by atoms with E-state index in [1.165, 1.54) is 0 Å². The molecule has 1 aromatic carbocycles. The summed E-state index contributed by atoms with van der Waals surface area (Å²) >= 11 is 6.19. The Balaban J connectivity index is 1.81. The SMILES string of the molecule is Clc1ccccc1C1CC(c2ccccn2)=NN1. The molecule has 2 aromatic rings. The highest BCUT2D eigenvalue weighted by Gasteiger charge is 2.23. The Morgan fingerprint density at radius 2 is 1.94 bits per heavy atom. The van der Waals surface area contributed by atoms with Crippen LogP contribution < -0.4 is 5.43 Å². The molecule has 18 heavy (non-hydrogen) atoms. The Bertz CT molecular complexity index is 581. The van der Waals surface area contributed by atoms with Crippen LogP contribution >= 0.6 is 11.6 Å². The highest BCUT2D eigenvalue weighted by atomic mass is 35.5. The Morgan fingerprint density at radius 3 is 2.72 bits per heavy atom. The predicted molar refractivity (Wildman–Crippen MR) is 72.7 cm³/mol. The molecule has 1 unspecified atom stereocenters. The maximum absolute atomic E-state index is 6.19. The molecule has 1 aliphatic rings. The lowest BCUT2D eigenvalue weighted by molar-refractivity contribution is 0.620. The smallest absolute Gasteiger partial charge is 0.0883 e. The number of benzene rings is 1. The van der Waals surface area contributed by atoms with E-state index in [0.717, 1.165) is 28.4 Å². The lowest BCUT2D eigenvalue weighted by Crippen LogP contribution is -2.10. The minimum Gasteiger partial charge on any atom is -0.302 e. The van der Waals surface area contributed by atoms with Crippen LogP contribution in [0.4, 0.5) is 0 Å². The van der Waals surface area contributed by atoms with Gasteiger partial charge in [-0.1, -0.05) is 35.9 Å². The molecule has 90 valence electrons. The maximum Gasteiger partial charge on any atom is 0.0883 e. The van der Waals surface area contributed by atoms with Gasteiger partial charge in [-0.25, -0.2) is 0 Å². The molecule has 4 heteroatoms. The third-order valence-electron chi connectivity index (χ3n) is 2.99. The topological polar surface area (TPSA) is 37.3 Å². The van der Waals surface area contributed by atoms with Crippen molar-refractivity contribution >= 4 is 17.3 Å². The number of rotatable bonds is 2. The van der Waals surface area contributed by atoms with Crippen molar-refractivity contribution in [3.05, 3.63) is 64.9 Å². The number of halogens is 1. The fraction of sp³-hybridized carbons (Fsp3) is 0.143. The van der Waals surface area contributed by atoms with Crippen molar-refractivity contribution in [3.8, 4) is 0 Å². The summed E-state index contributed by atoms with van der Waals surface area (Å²) in [6.07, 6.45) is 2.58. The van der Waals surface area contributed by atoms with E-state index < -0.39 is 0 Å². The Kier molecular flexibility index (Phi) is 2.99. The van der Waals surface area contributed by atoms with Crippen molar-refractivity contribution in [2.45, 2.75) is 12.5 Å². The predicted octanol–water partition coefficient (Wildman–Crippen LogP) is 3.17. The van der Waals surface area contributed by atoms with E-state index in [0.29, 0.717) is 0 Å². The molecule has 1 aliphatic heterocycles. The zero-order valence-corrected chi connectivity index (χ0v) is 10.4. The average molecular weight is 258 g/mol. The minimum atomic E-state index is 0.135. The lowest BCUT2D eigenvalue weighted by atomic mass is 10.0. The number of hydrazone groups is 1. The van der Waals surface area contributed by atoms with Crippen LogP contribution in [0.1, 0.15) is 23.7 Å². The van der Waals surface area contributed by atoms with Crippen LogP contribution in [0.3, 0.4) is 0 Å². The van der Waals surface area contributed by atoms with Gasteiger partial charge >= 0.3 is 0 Å². The first-order valence-corrected chi connectivity index (χ1v) is 6.20. The molecule has 3 rings (SSSR count). The van der Waals surface area contributed by atoms with Gasteiger partial charge in [0.1, 0.15) is 0 Å².